The van der Waals surface area contributed by atoms with E-state index >= 15 is 0 Å². The van der Waals surface area contributed by atoms with E-state index in [1.54, 1.807) is 18.2 Å². The van der Waals surface area contributed by atoms with Gasteiger partial charge >= 0.3 is 11.9 Å². The number of hydrogen-bond acceptors (Lipinski definition) is 4. The number of aromatic carboxylic acids is 1. The fourth-order valence-electron chi connectivity index (χ4n) is 1.28. The van der Waals surface area contributed by atoms with Crippen LogP contribution in [0.15, 0.2) is 23.1 Å². The molecule has 0 unspecified atom stereocenters. The van der Waals surface area contributed by atoms with Crippen molar-refractivity contribution in [2.75, 3.05) is 12.4 Å². The van der Waals surface area contributed by atoms with Gasteiger partial charge < -0.3 is 9.84 Å². The van der Waals surface area contributed by atoms with Gasteiger partial charge in [-0.05, 0) is 31.0 Å². The van der Waals surface area contributed by atoms with Crippen LogP contribution in [0.1, 0.15) is 29.3 Å². The Morgan fingerprint density at radius 2 is 2.11 bits per heavy atom. The summed E-state index contributed by atoms with van der Waals surface area (Å²) in [4.78, 5) is 23.0. The maximum Gasteiger partial charge on any atom is 0.335 e. The summed E-state index contributed by atoms with van der Waals surface area (Å²) in [5.74, 6) is -1.04. The molecular formula is C13H16O4S. The topological polar surface area (TPSA) is 63.6 Å². The molecule has 0 aromatic heterocycles. The highest BCUT2D eigenvalue weighted by Gasteiger charge is 2.09. The molecule has 0 saturated heterocycles. The van der Waals surface area contributed by atoms with Crippen molar-refractivity contribution >= 4 is 23.7 Å². The van der Waals surface area contributed by atoms with E-state index in [9.17, 15) is 9.59 Å². The third-order valence-electron chi connectivity index (χ3n) is 2.25. The average Bonchev–Trinajstić information content (AvgIpc) is 2.35. The number of carboxylic acid groups (broad SMARTS) is 1. The van der Waals surface area contributed by atoms with Crippen LogP contribution in [0.2, 0.25) is 0 Å². The molecule has 5 heteroatoms. The molecule has 0 heterocycles. The van der Waals surface area contributed by atoms with E-state index in [1.807, 2.05) is 13.8 Å². The molecule has 0 amide bonds. The molecule has 4 nitrogen and oxygen atoms in total. The van der Waals surface area contributed by atoms with Crippen molar-refractivity contribution in [2.45, 2.75) is 25.2 Å². The summed E-state index contributed by atoms with van der Waals surface area (Å²) < 4.78 is 4.95. The van der Waals surface area contributed by atoms with Gasteiger partial charge in [0.25, 0.3) is 0 Å². The van der Waals surface area contributed by atoms with Crippen molar-refractivity contribution in [3.05, 3.63) is 29.3 Å². The number of carboxylic acids is 1. The zero-order valence-corrected chi connectivity index (χ0v) is 11.3. The highest BCUT2D eigenvalue weighted by atomic mass is 32.2. The second kappa shape index (κ2) is 7.06. The monoisotopic (exact) mass is 268 g/mol. The second-order valence-electron chi connectivity index (χ2n) is 3.79. The lowest BCUT2D eigenvalue weighted by Gasteiger charge is -2.07. The number of esters is 1. The van der Waals surface area contributed by atoms with Crippen LogP contribution in [0.5, 0.6) is 0 Å². The van der Waals surface area contributed by atoms with Gasteiger partial charge in [-0.15, -0.1) is 11.8 Å². The average molecular weight is 268 g/mol. The van der Waals surface area contributed by atoms with Gasteiger partial charge in [-0.2, -0.15) is 0 Å². The Kier molecular flexibility index (Phi) is 5.71. The quantitative estimate of drug-likeness (QED) is 0.635. The van der Waals surface area contributed by atoms with Gasteiger partial charge in [-0.25, -0.2) is 4.79 Å². The molecule has 98 valence electrons. The summed E-state index contributed by atoms with van der Waals surface area (Å²) in [6, 6.07) is 4.87. The van der Waals surface area contributed by atoms with Crippen LogP contribution in [0.3, 0.4) is 0 Å². The lowest BCUT2D eigenvalue weighted by Crippen LogP contribution is -2.08. The van der Waals surface area contributed by atoms with Crippen LogP contribution in [0.4, 0.5) is 0 Å². The van der Waals surface area contributed by atoms with Gasteiger partial charge in [-0.3, -0.25) is 4.79 Å². The van der Waals surface area contributed by atoms with Gasteiger partial charge in [0.15, 0.2) is 0 Å². The maximum atomic E-state index is 11.3. The van der Waals surface area contributed by atoms with E-state index in [1.165, 1.54) is 11.8 Å². The molecule has 1 N–H and O–H groups in total. The number of benzene rings is 1. The fraction of sp³-hybridized carbons (Fsp3) is 0.385. The van der Waals surface area contributed by atoms with E-state index in [2.05, 4.69) is 0 Å². The van der Waals surface area contributed by atoms with E-state index in [0.29, 0.717) is 6.61 Å². The molecule has 1 aromatic rings. The van der Waals surface area contributed by atoms with Gasteiger partial charge in [0, 0.05) is 4.90 Å². The highest BCUT2D eigenvalue weighted by Crippen LogP contribution is 2.23. The number of ether oxygens (including phenoxy) is 1. The van der Waals surface area contributed by atoms with Crippen LogP contribution >= 0.6 is 11.8 Å². The molecule has 0 radical (unpaired) electrons. The Hall–Kier alpha value is -1.49. The molecule has 0 aliphatic rings. The molecule has 0 spiro atoms. The Balaban J connectivity index is 2.63. The minimum absolute atomic E-state index is 0.198. The summed E-state index contributed by atoms with van der Waals surface area (Å²) >= 11 is 1.30. The molecule has 0 aliphatic heterocycles. The second-order valence-corrected chi connectivity index (χ2v) is 4.81. The first kappa shape index (κ1) is 14.6. The van der Waals surface area contributed by atoms with E-state index in [4.69, 9.17) is 9.84 Å². The number of aryl methyl sites for hydroxylation is 1. The van der Waals surface area contributed by atoms with Crippen LogP contribution in [-0.4, -0.2) is 29.4 Å². The number of hydrogen-bond donors (Lipinski definition) is 1. The number of carbonyl (C=O) groups excluding carboxylic acids is 1. The summed E-state index contributed by atoms with van der Waals surface area (Å²) in [7, 11) is 0. The van der Waals surface area contributed by atoms with E-state index in [-0.39, 0.29) is 17.3 Å². The Morgan fingerprint density at radius 3 is 2.72 bits per heavy atom. The van der Waals surface area contributed by atoms with Crippen molar-refractivity contribution in [1.29, 1.82) is 0 Å². The molecule has 0 aliphatic carbocycles. The highest BCUT2D eigenvalue weighted by molar-refractivity contribution is 8.00. The minimum Gasteiger partial charge on any atom is -0.478 e. The summed E-state index contributed by atoms with van der Waals surface area (Å²) in [5, 5.41) is 8.89. The first-order valence-electron chi connectivity index (χ1n) is 5.67. The number of thioether (sulfide) groups is 1. The zero-order chi connectivity index (χ0) is 13.5. The predicted octanol–water partition coefficient (Wildman–Crippen LogP) is 2.74. The van der Waals surface area contributed by atoms with E-state index in [0.717, 1.165) is 16.9 Å². The lowest BCUT2D eigenvalue weighted by atomic mass is 10.1. The fourth-order valence-corrected chi connectivity index (χ4v) is 2.15. The zero-order valence-electron chi connectivity index (χ0n) is 10.4. The molecular weight excluding hydrogens is 252 g/mol. The van der Waals surface area contributed by atoms with Crippen molar-refractivity contribution in [3.8, 4) is 0 Å². The van der Waals surface area contributed by atoms with E-state index < -0.39 is 5.97 Å². The van der Waals surface area contributed by atoms with Gasteiger partial charge in [0.1, 0.15) is 0 Å². The molecule has 18 heavy (non-hydrogen) atoms. The standard InChI is InChI=1S/C13H16O4S/c1-3-6-17-12(14)8-18-11-7-10(13(15)16)5-4-9(11)2/h4-5,7H,3,6,8H2,1-2H3,(H,15,16). The van der Waals surface area contributed by atoms with Gasteiger partial charge in [0.2, 0.25) is 0 Å². The smallest absolute Gasteiger partial charge is 0.335 e. The normalized spacial score (nSPS) is 10.1. The minimum atomic E-state index is -0.967. The molecule has 0 fully saturated rings. The van der Waals surface area contributed by atoms with Crippen LogP contribution < -0.4 is 0 Å². The van der Waals surface area contributed by atoms with Crippen LogP contribution in [0, 0.1) is 6.92 Å². The van der Waals surface area contributed by atoms with Crippen LogP contribution in [-0.2, 0) is 9.53 Å². The summed E-state index contributed by atoms with van der Waals surface area (Å²) in [6.45, 7) is 4.24. The third kappa shape index (κ3) is 4.41. The Morgan fingerprint density at radius 1 is 1.39 bits per heavy atom. The molecule has 1 aromatic carbocycles. The largest absolute Gasteiger partial charge is 0.478 e. The van der Waals surface area contributed by atoms with Gasteiger partial charge in [0.05, 0.1) is 17.9 Å². The molecule has 0 saturated carbocycles. The third-order valence-corrected chi connectivity index (χ3v) is 3.38. The van der Waals surface area contributed by atoms with Crippen molar-refractivity contribution < 1.29 is 19.4 Å². The number of rotatable bonds is 6. The van der Waals surface area contributed by atoms with Crippen molar-refractivity contribution in [2.24, 2.45) is 0 Å². The maximum absolute atomic E-state index is 11.3. The molecule has 1 rings (SSSR count). The molecule has 0 atom stereocenters. The summed E-state index contributed by atoms with van der Waals surface area (Å²) in [6.07, 6.45) is 0.796. The van der Waals surface area contributed by atoms with Crippen molar-refractivity contribution in [3.63, 3.8) is 0 Å². The van der Waals surface area contributed by atoms with Gasteiger partial charge in [-0.1, -0.05) is 13.0 Å². The molecule has 0 bridgehead atoms. The SMILES string of the molecule is CCCOC(=O)CSc1cc(C(=O)O)ccc1C. The predicted molar refractivity (Wildman–Crippen MR) is 70.1 cm³/mol. The first-order valence-corrected chi connectivity index (χ1v) is 6.65. The van der Waals surface area contributed by atoms with Crippen LogP contribution in [0.25, 0.3) is 0 Å². The van der Waals surface area contributed by atoms with Crippen molar-refractivity contribution in [1.82, 2.24) is 0 Å². The first-order chi connectivity index (χ1) is 8.54. The lowest BCUT2D eigenvalue weighted by molar-refractivity contribution is -0.140. The Labute approximate surface area is 110 Å². The number of carbonyl (C=O) groups is 2. The Bertz CT molecular complexity index is 443. The summed E-state index contributed by atoms with van der Waals surface area (Å²) in [5.41, 5.74) is 1.18.